The third kappa shape index (κ3) is 4.88. The molecule has 21 heavy (non-hydrogen) atoms. The molecular weight excluding hydrogens is 282 g/mol. The maximum absolute atomic E-state index is 12.4. The third-order valence-electron chi connectivity index (χ3n) is 4.00. The van der Waals surface area contributed by atoms with E-state index in [2.05, 4.69) is 12.1 Å². The molecule has 1 heterocycles. The van der Waals surface area contributed by atoms with Crippen LogP contribution in [0.5, 0.6) is 0 Å². The maximum atomic E-state index is 12.4. The normalized spacial score (nSPS) is 18.5. The average Bonchev–Trinajstić information content (AvgIpc) is 2.54. The molecule has 1 aromatic carbocycles. The molecule has 0 N–H and O–H groups in total. The molecule has 0 radical (unpaired) electrons. The number of hydrogen-bond donors (Lipinski definition) is 0. The highest BCUT2D eigenvalue weighted by molar-refractivity contribution is 7.99. The van der Waals surface area contributed by atoms with Crippen LogP contribution in [0.15, 0.2) is 30.3 Å². The van der Waals surface area contributed by atoms with Crippen LogP contribution in [0.4, 0.5) is 0 Å². The number of rotatable bonds is 6. The predicted octanol–water partition coefficient (Wildman–Crippen LogP) is 2.79. The van der Waals surface area contributed by atoms with Crippen molar-refractivity contribution in [2.45, 2.75) is 25.7 Å². The molecule has 0 bridgehead atoms. The van der Waals surface area contributed by atoms with Crippen LogP contribution in [0, 0.1) is 5.92 Å². The van der Waals surface area contributed by atoms with Crippen LogP contribution in [0.3, 0.4) is 0 Å². The lowest BCUT2D eigenvalue weighted by Crippen LogP contribution is -2.43. The van der Waals surface area contributed by atoms with Crippen LogP contribution in [0.25, 0.3) is 0 Å². The number of ketones is 1. The number of Topliss-reactive ketones (excluding diaryl/α,β-unsaturated/α-hetero) is 1. The van der Waals surface area contributed by atoms with E-state index in [1.807, 2.05) is 29.4 Å². The van der Waals surface area contributed by atoms with E-state index in [0.717, 1.165) is 25.8 Å². The second-order valence-electron chi connectivity index (χ2n) is 5.56. The molecule has 1 aliphatic heterocycles. The standard InChI is InChI=1S/C17H23NO2S/c1-21-13-17(20)18-11-5-8-15(12-18)16(19)10-9-14-6-3-2-4-7-14/h2-4,6-7,15H,5,8-13H2,1H3/t15-/m0/s1. The van der Waals surface area contributed by atoms with Crippen molar-refractivity contribution in [3.8, 4) is 0 Å². The molecule has 0 saturated carbocycles. The molecule has 1 aliphatic rings. The summed E-state index contributed by atoms with van der Waals surface area (Å²) < 4.78 is 0. The summed E-state index contributed by atoms with van der Waals surface area (Å²) in [6.07, 6.45) is 5.19. The van der Waals surface area contributed by atoms with Crippen molar-refractivity contribution in [3.05, 3.63) is 35.9 Å². The van der Waals surface area contributed by atoms with E-state index in [-0.39, 0.29) is 11.8 Å². The number of benzene rings is 1. The molecule has 0 aliphatic carbocycles. The summed E-state index contributed by atoms with van der Waals surface area (Å²) in [5.41, 5.74) is 1.21. The number of carbonyl (C=O) groups is 2. The molecule has 0 unspecified atom stereocenters. The van der Waals surface area contributed by atoms with Gasteiger partial charge in [0.1, 0.15) is 5.78 Å². The maximum Gasteiger partial charge on any atom is 0.232 e. The van der Waals surface area contributed by atoms with Crippen molar-refractivity contribution in [3.63, 3.8) is 0 Å². The summed E-state index contributed by atoms with van der Waals surface area (Å²) in [6.45, 7) is 1.43. The molecule has 0 spiro atoms. The molecule has 1 aromatic rings. The molecule has 3 nitrogen and oxygen atoms in total. The molecule has 0 aromatic heterocycles. The first-order valence-electron chi connectivity index (χ1n) is 7.54. The topological polar surface area (TPSA) is 37.4 Å². The Kier molecular flexibility index (Phi) is 6.30. The van der Waals surface area contributed by atoms with Gasteiger partial charge in [0.25, 0.3) is 0 Å². The van der Waals surface area contributed by atoms with Crippen LogP contribution in [0.1, 0.15) is 24.8 Å². The van der Waals surface area contributed by atoms with Crippen molar-refractivity contribution in [1.82, 2.24) is 4.90 Å². The highest BCUT2D eigenvalue weighted by Gasteiger charge is 2.27. The van der Waals surface area contributed by atoms with E-state index in [4.69, 9.17) is 0 Å². The number of piperidine rings is 1. The summed E-state index contributed by atoms with van der Waals surface area (Å²) in [4.78, 5) is 26.2. The molecule has 1 amide bonds. The third-order valence-corrected chi connectivity index (χ3v) is 4.54. The number of hydrogen-bond acceptors (Lipinski definition) is 3. The Labute approximate surface area is 131 Å². The highest BCUT2D eigenvalue weighted by atomic mass is 32.2. The lowest BCUT2D eigenvalue weighted by atomic mass is 9.90. The van der Waals surface area contributed by atoms with Gasteiger partial charge in [-0.15, -0.1) is 0 Å². The molecule has 1 fully saturated rings. The van der Waals surface area contributed by atoms with Crippen LogP contribution in [-0.2, 0) is 16.0 Å². The van der Waals surface area contributed by atoms with Gasteiger partial charge in [-0.05, 0) is 31.1 Å². The van der Waals surface area contributed by atoms with Gasteiger partial charge in [-0.25, -0.2) is 0 Å². The number of nitrogens with zero attached hydrogens (tertiary/aromatic N) is 1. The first-order chi connectivity index (χ1) is 10.2. The van der Waals surface area contributed by atoms with Crippen molar-refractivity contribution in [2.75, 3.05) is 25.1 Å². The van der Waals surface area contributed by atoms with Gasteiger partial charge in [0.15, 0.2) is 0 Å². The van der Waals surface area contributed by atoms with Crippen LogP contribution >= 0.6 is 11.8 Å². The first-order valence-corrected chi connectivity index (χ1v) is 8.93. The van der Waals surface area contributed by atoms with Gasteiger partial charge in [-0.3, -0.25) is 9.59 Å². The minimum Gasteiger partial charge on any atom is -0.341 e. The van der Waals surface area contributed by atoms with Crippen LogP contribution in [-0.4, -0.2) is 41.7 Å². The fraction of sp³-hybridized carbons (Fsp3) is 0.529. The van der Waals surface area contributed by atoms with E-state index in [1.54, 1.807) is 11.8 Å². The second kappa shape index (κ2) is 8.23. The Hall–Kier alpha value is -1.29. The zero-order chi connectivity index (χ0) is 15.1. The minimum absolute atomic E-state index is 0.0354. The minimum atomic E-state index is 0.0354. The molecule has 114 valence electrons. The van der Waals surface area contributed by atoms with E-state index in [1.165, 1.54) is 5.56 Å². The largest absolute Gasteiger partial charge is 0.341 e. The van der Waals surface area contributed by atoms with E-state index in [0.29, 0.717) is 24.5 Å². The number of carbonyl (C=O) groups excluding carboxylic acids is 2. The van der Waals surface area contributed by atoms with E-state index in [9.17, 15) is 9.59 Å². The summed E-state index contributed by atoms with van der Waals surface area (Å²) >= 11 is 1.54. The van der Waals surface area contributed by atoms with E-state index >= 15 is 0 Å². The molecule has 1 atom stereocenters. The highest BCUT2D eigenvalue weighted by Crippen LogP contribution is 2.20. The van der Waals surface area contributed by atoms with E-state index < -0.39 is 0 Å². The summed E-state index contributed by atoms with van der Waals surface area (Å²) in [5, 5.41) is 0. The van der Waals surface area contributed by atoms with Gasteiger partial charge < -0.3 is 4.90 Å². The van der Waals surface area contributed by atoms with Crippen molar-refractivity contribution >= 4 is 23.5 Å². The van der Waals surface area contributed by atoms with Gasteiger partial charge in [-0.1, -0.05) is 30.3 Å². The number of aryl methyl sites for hydroxylation is 1. The molecular formula is C17H23NO2S. The summed E-state index contributed by atoms with van der Waals surface area (Å²) in [7, 11) is 0. The summed E-state index contributed by atoms with van der Waals surface area (Å²) in [6, 6.07) is 10.1. The van der Waals surface area contributed by atoms with Gasteiger partial charge >= 0.3 is 0 Å². The Morgan fingerprint density at radius 1 is 1.29 bits per heavy atom. The fourth-order valence-corrected chi connectivity index (χ4v) is 3.23. The quantitative estimate of drug-likeness (QED) is 0.811. The van der Waals surface area contributed by atoms with Crippen molar-refractivity contribution < 1.29 is 9.59 Å². The van der Waals surface area contributed by atoms with Crippen LogP contribution < -0.4 is 0 Å². The SMILES string of the molecule is CSCC(=O)N1CCC[C@H](C(=O)CCc2ccccc2)C1. The number of likely N-dealkylation sites (tertiary alicyclic amines) is 1. The van der Waals surface area contributed by atoms with Crippen molar-refractivity contribution in [1.29, 1.82) is 0 Å². The lowest BCUT2D eigenvalue weighted by molar-refractivity contribution is -0.132. The smallest absolute Gasteiger partial charge is 0.232 e. The molecule has 1 saturated heterocycles. The molecule has 2 rings (SSSR count). The van der Waals surface area contributed by atoms with Gasteiger partial charge in [0, 0.05) is 25.4 Å². The lowest BCUT2D eigenvalue weighted by Gasteiger charge is -2.32. The Bertz CT molecular complexity index is 475. The van der Waals surface area contributed by atoms with Gasteiger partial charge in [-0.2, -0.15) is 11.8 Å². The Morgan fingerprint density at radius 2 is 2.05 bits per heavy atom. The monoisotopic (exact) mass is 305 g/mol. The van der Waals surface area contributed by atoms with Gasteiger partial charge in [0.2, 0.25) is 5.91 Å². The summed E-state index contributed by atoms with van der Waals surface area (Å²) in [5.74, 6) is 1.03. The zero-order valence-corrected chi connectivity index (χ0v) is 13.4. The predicted molar refractivity (Wildman–Crippen MR) is 87.5 cm³/mol. The number of amides is 1. The number of thioether (sulfide) groups is 1. The second-order valence-corrected chi connectivity index (χ2v) is 6.43. The zero-order valence-electron chi connectivity index (χ0n) is 12.6. The Balaban J connectivity index is 1.83. The van der Waals surface area contributed by atoms with Gasteiger partial charge in [0.05, 0.1) is 5.75 Å². The molecule has 4 heteroatoms. The fourth-order valence-electron chi connectivity index (χ4n) is 2.80. The van der Waals surface area contributed by atoms with Crippen molar-refractivity contribution in [2.24, 2.45) is 5.92 Å². The van der Waals surface area contributed by atoms with Crippen LogP contribution in [0.2, 0.25) is 0 Å². The first kappa shape index (κ1) is 16.1. The average molecular weight is 305 g/mol. The Morgan fingerprint density at radius 3 is 2.76 bits per heavy atom.